The molecule has 17 nitrogen and oxygen atoms in total. The minimum atomic E-state index is -4.95. The van der Waals surface area contributed by atoms with Crippen LogP contribution in [0.1, 0.15) is 363 Å². The minimum Gasteiger partial charge on any atom is -0.462 e. The third-order valence-electron chi connectivity index (χ3n) is 17.0. The molecule has 0 aromatic carbocycles. The van der Waals surface area contributed by atoms with Crippen LogP contribution in [0.25, 0.3) is 0 Å². The third kappa shape index (κ3) is 65.1. The van der Waals surface area contributed by atoms with Crippen LogP contribution in [0.5, 0.6) is 0 Å². The lowest BCUT2D eigenvalue weighted by Crippen LogP contribution is -2.30. The number of aliphatic hydroxyl groups excluding tert-OH is 1. The van der Waals surface area contributed by atoms with Gasteiger partial charge in [0.2, 0.25) is 0 Å². The van der Waals surface area contributed by atoms with E-state index in [1.54, 1.807) is 0 Å². The molecule has 3 unspecified atom stereocenters. The topological polar surface area (TPSA) is 237 Å². The Labute approximate surface area is 556 Å². The van der Waals surface area contributed by atoms with Gasteiger partial charge in [0, 0.05) is 25.7 Å². The fraction of sp³-hybridized carbons (Fsp3) is 0.944. The van der Waals surface area contributed by atoms with Gasteiger partial charge in [-0.2, -0.15) is 0 Å². The maximum Gasteiger partial charge on any atom is 0.472 e. The van der Waals surface area contributed by atoms with Crippen molar-refractivity contribution in [2.45, 2.75) is 381 Å². The van der Waals surface area contributed by atoms with Gasteiger partial charge < -0.3 is 33.8 Å². The van der Waals surface area contributed by atoms with Crippen LogP contribution < -0.4 is 0 Å². The molecule has 3 N–H and O–H groups in total. The van der Waals surface area contributed by atoms with Crippen LogP contribution in [0.3, 0.4) is 0 Å². The number of unbranched alkanes of at least 4 members (excludes halogenated alkanes) is 37. The highest BCUT2D eigenvalue weighted by Crippen LogP contribution is 2.45. The molecule has 0 aliphatic heterocycles. The number of ether oxygens (including phenoxy) is 4. The van der Waals surface area contributed by atoms with Crippen molar-refractivity contribution >= 4 is 39.5 Å². The van der Waals surface area contributed by atoms with E-state index < -0.39 is 97.5 Å². The molecule has 0 aromatic heterocycles. The Morgan fingerprint density at radius 3 is 0.835 bits per heavy atom. The van der Waals surface area contributed by atoms with Crippen molar-refractivity contribution in [2.75, 3.05) is 39.6 Å². The molecule has 0 aromatic rings. The van der Waals surface area contributed by atoms with Crippen LogP contribution >= 0.6 is 15.6 Å². The zero-order chi connectivity index (χ0) is 67.3. The van der Waals surface area contributed by atoms with Gasteiger partial charge >= 0.3 is 39.5 Å². The molecule has 0 rings (SSSR count). The van der Waals surface area contributed by atoms with E-state index in [1.165, 1.54) is 167 Å². The Kier molecular flexibility index (Phi) is 61.5. The van der Waals surface area contributed by atoms with E-state index in [2.05, 4.69) is 48.5 Å². The molecule has 0 amide bonds. The number of aliphatic hydroxyl groups is 1. The number of esters is 4. The van der Waals surface area contributed by atoms with E-state index in [0.29, 0.717) is 25.7 Å². The molecule has 0 saturated carbocycles. The number of hydrogen-bond acceptors (Lipinski definition) is 15. The van der Waals surface area contributed by atoms with Gasteiger partial charge in [-0.3, -0.25) is 37.3 Å². The van der Waals surface area contributed by atoms with E-state index in [0.717, 1.165) is 114 Å². The standard InChI is InChI=1S/C72H140O17P2/c1-8-10-11-12-13-32-39-46-53-69(74)82-59-67(89-72(77)56-49-42-35-28-27-31-38-45-52-65(7)9-2)61-86-90(78,79)84-57-66(73)58-85-91(80,81)87-62-68(60-83-70(75)54-47-40-33-25-21-18-17-20-24-30-37-44-51-64(5)6)88-71(76)55-48-41-34-26-22-16-14-15-19-23-29-36-43-50-63(3)4/h63-68,73H,8-62H2,1-7H3,(H,78,79)(H,80,81)/t65?,66-,67+,68+/m0/s1. The van der Waals surface area contributed by atoms with E-state index in [9.17, 15) is 43.2 Å². The fourth-order valence-corrected chi connectivity index (χ4v) is 12.4. The van der Waals surface area contributed by atoms with Gasteiger partial charge in [-0.15, -0.1) is 0 Å². The van der Waals surface area contributed by atoms with Gasteiger partial charge in [0.1, 0.15) is 19.3 Å². The molecule has 0 bridgehead atoms. The summed E-state index contributed by atoms with van der Waals surface area (Å²) in [6, 6.07) is 0. The summed E-state index contributed by atoms with van der Waals surface area (Å²) in [5.41, 5.74) is 0. The highest BCUT2D eigenvalue weighted by molar-refractivity contribution is 7.47. The van der Waals surface area contributed by atoms with E-state index >= 15 is 0 Å². The van der Waals surface area contributed by atoms with Gasteiger partial charge in [-0.1, -0.05) is 312 Å². The van der Waals surface area contributed by atoms with E-state index in [-0.39, 0.29) is 25.7 Å². The molecule has 0 heterocycles. The van der Waals surface area contributed by atoms with Gasteiger partial charge in [-0.25, -0.2) is 9.13 Å². The largest absolute Gasteiger partial charge is 0.472 e. The third-order valence-corrected chi connectivity index (χ3v) is 18.9. The minimum absolute atomic E-state index is 0.105. The van der Waals surface area contributed by atoms with E-state index in [1.807, 2.05) is 0 Å². The molecule has 0 spiro atoms. The smallest absolute Gasteiger partial charge is 0.462 e. The maximum atomic E-state index is 13.0. The molecule has 0 fully saturated rings. The Morgan fingerprint density at radius 2 is 0.560 bits per heavy atom. The average molecular weight is 1340 g/mol. The molecular weight excluding hydrogens is 1200 g/mol. The van der Waals surface area contributed by atoms with E-state index in [4.69, 9.17) is 37.0 Å². The van der Waals surface area contributed by atoms with Crippen LogP contribution in [0, 0.1) is 17.8 Å². The van der Waals surface area contributed by atoms with Gasteiger partial charge in [-0.05, 0) is 43.4 Å². The lowest BCUT2D eigenvalue weighted by Gasteiger charge is -2.21. The van der Waals surface area contributed by atoms with Crippen molar-refractivity contribution < 1.29 is 80.2 Å². The first kappa shape index (κ1) is 89.1. The number of phosphoric acid groups is 2. The molecule has 6 atom stereocenters. The molecule has 540 valence electrons. The molecule has 19 heteroatoms. The highest BCUT2D eigenvalue weighted by atomic mass is 31.2. The first-order valence-electron chi connectivity index (χ1n) is 37.4. The molecular formula is C72H140O17P2. The second-order valence-electron chi connectivity index (χ2n) is 27.2. The molecule has 0 radical (unpaired) electrons. The van der Waals surface area contributed by atoms with Crippen molar-refractivity contribution in [1.29, 1.82) is 0 Å². The maximum absolute atomic E-state index is 13.0. The summed E-state index contributed by atoms with van der Waals surface area (Å²) in [4.78, 5) is 72.6. The first-order chi connectivity index (χ1) is 43.8. The van der Waals surface area contributed by atoms with Crippen molar-refractivity contribution in [3.63, 3.8) is 0 Å². The highest BCUT2D eigenvalue weighted by Gasteiger charge is 2.30. The van der Waals surface area contributed by atoms with Crippen LogP contribution in [0.4, 0.5) is 0 Å². The summed E-state index contributed by atoms with van der Waals surface area (Å²) in [5.74, 6) is 0.212. The summed E-state index contributed by atoms with van der Waals surface area (Å²) in [6.07, 6.45) is 47.1. The number of carbonyl (C=O) groups excluding carboxylic acids is 4. The van der Waals surface area contributed by atoms with Gasteiger partial charge in [0.25, 0.3) is 0 Å². The summed E-state index contributed by atoms with van der Waals surface area (Å²) in [6.45, 7) is 11.9. The first-order valence-corrected chi connectivity index (χ1v) is 40.4. The zero-order valence-corrected chi connectivity index (χ0v) is 61.1. The number of hydrogen-bond donors (Lipinski definition) is 3. The Hall–Kier alpha value is -1.94. The lowest BCUT2D eigenvalue weighted by molar-refractivity contribution is -0.161. The van der Waals surface area contributed by atoms with Crippen molar-refractivity contribution in [3.05, 3.63) is 0 Å². The summed E-state index contributed by atoms with van der Waals surface area (Å²) < 4.78 is 68.3. The fourth-order valence-electron chi connectivity index (χ4n) is 10.9. The van der Waals surface area contributed by atoms with Crippen molar-refractivity contribution in [1.82, 2.24) is 0 Å². The molecule has 0 aliphatic rings. The van der Waals surface area contributed by atoms with Crippen LogP contribution in [-0.2, 0) is 65.4 Å². The number of carbonyl (C=O) groups is 4. The Balaban J connectivity index is 5.23. The average Bonchev–Trinajstić information content (AvgIpc) is 3.71. The van der Waals surface area contributed by atoms with Gasteiger partial charge in [0.05, 0.1) is 26.4 Å². The number of rotatable bonds is 70. The van der Waals surface area contributed by atoms with Crippen LogP contribution in [-0.4, -0.2) is 96.7 Å². The second-order valence-corrected chi connectivity index (χ2v) is 30.1. The summed E-state index contributed by atoms with van der Waals surface area (Å²) in [5, 5.41) is 10.6. The van der Waals surface area contributed by atoms with Crippen LogP contribution in [0.15, 0.2) is 0 Å². The molecule has 0 aliphatic carbocycles. The second kappa shape index (κ2) is 62.8. The Bertz CT molecular complexity index is 1790. The SMILES string of the molecule is CCCCCCCCCCC(=O)OC[C@H](COP(=O)(O)OC[C@H](O)COP(=O)(O)OC[C@@H](COC(=O)CCCCCCCCCCCCCCC(C)C)OC(=O)CCCCCCCCCCCCCCCC(C)C)OC(=O)CCCCCCCCCCC(C)CC. The Morgan fingerprint density at radius 1 is 0.319 bits per heavy atom. The summed E-state index contributed by atoms with van der Waals surface area (Å²) >= 11 is 0. The predicted molar refractivity (Wildman–Crippen MR) is 368 cm³/mol. The predicted octanol–water partition coefficient (Wildman–Crippen LogP) is 20.6. The van der Waals surface area contributed by atoms with Crippen molar-refractivity contribution in [3.8, 4) is 0 Å². The van der Waals surface area contributed by atoms with Crippen molar-refractivity contribution in [2.24, 2.45) is 17.8 Å². The molecule has 91 heavy (non-hydrogen) atoms. The molecule has 0 saturated heterocycles. The summed E-state index contributed by atoms with van der Waals surface area (Å²) in [7, 11) is -9.90. The van der Waals surface area contributed by atoms with Crippen LogP contribution in [0.2, 0.25) is 0 Å². The monoisotopic (exact) mass is 1340 g/mol. The normalized spacial score (nSPS) is 14.5. The number of phosphoric ester groups is 2. The quantitative estimate of drug-likeness (QED) is 0.0222. The lowest BCUT2D eigenvalue weighted by atomic mass is 9.99. The van der Waals surface area contributed by atoms with Gasteiger partial charge in [0.15, 0.2) is 12.2 Å². The zero-order valence-electron chi connectivity index (χ0n) is 59.3.